The largest absolute Gasteiger partial charge is 0.314 e. The van der Waals surface area contributed by atoms with Crippen LogP contribution in [0.15, 0.2) is 30.3 Å². The Morgan fingerprint density at radius 1 is 1.10 bits per heavy atom. The van der Waals surface area contributed by atoms with Crippen molar-refractivity contribution in [3.8, 4) is 5.69 Å². The molecule has 2 aromatic rings. The number of benzene rings is 1. The highest BCUT2D eigenvalue weighted by Gasteiger charge is 2.32. The van der Waals surface area contributed by atoms with Gasteiger partial charge < -0.3 is 5.32 Å². The first-order valence-corrected chi connectivity index (χ1v) is 7.89. The highest BCUT2D eigenvalue weighted by Crippen LogP contribution is 2.31. The zero-order chi connectivity index (χ0) is 14.7. The Labute approximate surface area is 126 Å². The van der Waals surface area contributed by atoms with Crippen LogP contribution in [-0.2, 0) is 6.42 Å². The number of hydrogen-bond donors (Lipinski definition) is 1. The number of nitrogens with zero attached hydrogens (tertiary/aromatic N) is 3. The lowest BCUT2D eigenvalue weighted by Crippen LogP contribution is -2.47. The van der Waals surface area contributed by atoms with Crippen molar-refractivity contribution in [2.75, 3.05) is 7.05 Å². The van der Waals surface area contributed by atoms with E-state index in [1.807, 2.05) is 13.0 Å². The molecule has 0 unspecified atom stereocenters. The lowest BCUT2D eigenvalue weighted by Gasteiger charge is -2.37. The molecule has 4 nitrogen and oxygen atoms in total. The molecule has 0 saturated heterocycles. The van der Waals surface area contributed by atoms with Crippen molar-refractivity contribution in [3.05, 3.63) is 42.0 Å². The Hall–Kier alpha value is -1.68. The van der Waals surface area contributed by atoms with Crippen LogP contribution in [0.3, 0.4) is 0 Å². The average molecular weight is 284 g/mol. The molecule has 0 atom stereocenters. The lowest BCUT2D eigenvalue weighted by atomic mass is 9.79. The monoisotopic (exact) mass is 284 g/mol. The summed E-state index contributed by atoms with van der Waals surface area (Å²) in [6, 6.07) is 10.4. The first-order chi connectivity index (χ1) is 10.2. The lowest BCUT2D eigenvalue weighted by molar-refractivity contribution is 0.240. The minimum absolute atomic E-state index is 0.185. The van der Waals surface area contributed by atoms with Gasteiger partial charge in [0.1, 0.15) is 11.6 Å². The highest BCUT2D eigenvalue weighted by molar-refractivity contribution is 5.34. The van der Waals surface area contributed by atoms with Gasteiger partial charge in [-0.25, -0.2) is 0 Å². The molecule has 112 valence electrons. The van der Waals surface area contributed by atoms with E-state index in [-0.39, 0.29) is 5.54 Å². The molecule has 1 saturated carbocycles. The van der Waals surface area contributed by atoms with E-state index < -0.39 is 0 Å². The molecule has 1 aromatic carbocycles. The molecule has 1 fully saturated rings. The fraction of sp³-hybridized carbons (Fsp3) is 0.529. The van der Waals surface area contributed by atoms with Gasteiger partial charge in [-0.2, -0.15) is 0 Å². The van der Waals surface area contributed by atoms with Gasteiger partial charge in [-0.1, -0.05) is 37.5 Å². The maximum Gasteiger partial charge on any atom is 0.139 e. The van der Waals surface area contributed by atoms with Crippen LogP contribution in [0.4, 0.5) is 0 Å². The topological polar surface area (TPSA) is 42.7 Å². The Bertz CT molecular complexity index is 582. The summed E-state index contributed by atoms with van der Waals surface area (Å²) in [6.45, 7) is 2.02. The van der Waals surface area contributed by atoms with Crippen LogP contribution in [0.5, 0.6) is 0 Å². The van der Waals surface area contributed by atoms with E-state index in [0.717, 1.165) is 23.8 Å². The van der Waals surface area contributed by atoms with Gasteiger partial charge in [0.15, 0.2) is 0 Å². The minimum atomic E-state index is 0.185. The average Bonchev–Trinajstić information content (AvgIpc) is 2.89. The highest BCUT2D eigenvalue weighted by atomic mass is 15.3. The summed E-state index contributed by atoms with van der Waals surface area (Å²) in [6.07, 6.45) is 7.36. The smallest absolute Gasteiger partial charge is 0.139 e. The number of rotatable bonds is 4. The van der Waals surface area contributed by atoms with Gasteiger partial charge in [0, 0.05) is 17.6 Å². The Morgan fingerprint density at radius 3 is 2.48 bits per heavy atom. The van der Waals surface area contributed by atoms with Crippen LogP contribution >= 0.6 is 0 Å². The SMILES string of the molecule is CNC1(Cc2nnc(C)n2-c2ccccc2)CCCCC1. The van der Waals surface area contributed by atoms with E-state index >= 15 is 0 Å². The molecule has 4 heteroatoms. The maximum absolute atomic E-state index is 4.45. The zero-order valence-corrected chi connectivity index (χ0v) is 13.0. The second-order valence-corrected chi connectivity index (χ2v) is 6.10. The molecule has 0 aliphatic heterocycles. The van der Waals surface area contributed by atoms with E-state index in [4.69, 9.17) is 0 Å². The van der Waals surface area contributed by atoms with Gasteiger partial charge in [0.05, 0.1) is 0 Å². The number of nitrogens with one attached hydrogen (secondary N) is 1. The van der Waals surface area contributed by atoms with Crippen LogP contribution in [-0.4, -0.2) is 27.4 Å². The van der Waals surface area contributed by atoms with Crippen molar-refractivity contribution < 1.29 is 0 Å². The molecule has 1 heterocycles. The fourth-order valence-electron chi connectivity index (χ4n) is 3.48. The molecule has 3 rings (SSSR count). The normalized spacial score (nSPS) is 17.8. The number of para-hydroxylation sites is 1. The van der Waals surface area contributed by atoms with E-state index in [2.05, 4.69) is 51.4 Å². The summed E-state index contributed by atoms with van der Waals surface area (Å²) in [5.41, 5.74) is 1.33. The molecule has 0 radical (unpaired) electrons. The molecule has 21 heavy (non-hydrogen) atoms. The molecular formula is C17H24N4. The molecule has 1 aromatic heterocycles. The van der Waals surface area contributed by atoms with Crippen molar-refractivity contribution in [3.63, 3.8) is 0 Å². The van der Waals surface area contributed by atoms with Gasteiger partial charge >= 0.3 is 0 Å². The van der Waals surface area contributed by atoms with Gasteiger partial charge in [-0.3, -0.25) is 4.57 Å². The number of aromatic nitrogens is 3. The third kappa shape index (κ3) is 2.86. The maximum atomic E-state index is 4.45. The van der Waals surface area contributed by atoms with Crippen LogP contribution in [0.2, 0.25) is 0 Å². The minimum Gasteiger partial charge on any atom is -0.314 e. The Kier molecular flexibility index (Phi) is 4.06. The van der Waals surface area contributed by atoms with E-state index in [1.165, 1.54) is 32.1 Å². The predicted molar refractivity (Wildman–Crippen MR) is 84.7 cm³/mol. The van der Waals surface area contributed by atoms with Gasteiger partial charge in [0.2, 0.25) is 0 Å². The van der Waals surface area contributed by atoms with Crippen molar-refractivity contribution in [2.24, 2.45) is 0 Å². The van der Waals surface area contributed by atoms with E-state index in [1.54, 1.807) is 0 Å². The first-order valence-electron chi connectivity index (χ1n) is 7.89. The summed E-state index contributed by atoms with van der Waals surface area (Å²) in [5.74, 6) is 2.02. The van der Waals surface area contributed by atoms with E-state index in [0.29, 0.717) is 0 Å². The molecule has 1 aliphatic rings. The Morgan fingerprint density at radius 2 is 1.81 bits per heavy atom. The molecular weight excluding hydrogens is 260 g/mol. The van der Waals surface area contributed by atoms with Crippen molar-refractivity contribution in [1.82, 2.24) is 20.1 Å². The summed E-state index contributed by atoms with van der Waals surface area (Å²) < 4.78 is 2.19. The summed E-state index contributed by atoms with van der Waals surface area (Å²) in [4.78, 5) is 0. The first kappa shape index (κ1) is 14.3. The predicted octanol–water partition coefficient (Wildman–Crippen LogP) is 3.04. The molecule has 0 spiro atoms. The third-order valence-corrected chi connectivity index (χ3v) is 4.74. The second kappa shape index (κ2) is 5.98. The Balaban J connectivity index is 1.93. The fourth-order valence-corrected chi connectivity index (χ4v) is 3.48. The number of hydrogen-bond acceptors (Lipinski definition) is 3. The van der Waals surface area contributed by atoms with Crippen molar-refractivity contribution in [2.45, 2.75) is 51.0 Å². The van der Waals surface area contributed by atoms with Gasteiger partial charge in [0.25, 0.3) is 0 Å². The number of likely N-dealkylation sites (N-methyl/N-ethyl adjacent to an activating group) is 1. The molecule has 1 N–H and O–H groups in total. The summed E-state index contributed by atoms with van der Waals surface area (Å²) in [7, 11) is 2.08. The van der Waals surface area contributed by atoms with Gasteiger partial charge in [-0.15, -0.1) is 10.2 Å². The standard InChI is InChI=1S/C17H24N4/c1-14-19-20-16(21(14)15-9-5-3-6-10-15)13-17(18-2)11-7-4-8-12-17/h3,5-6,9-10,18H,4,7-8,11-13H2,1-2H3. The third-order valence-electron chi connectivity index (χ3n) is 4.74. The number of aryl methyl sites for hydroxylation is 1. The zero-order valence-electron chi connectivity index (χ0n) is 13.0. The van der Waals surface area contributed by atoms with Crippen LogP contribution in [0.25, 0.3) is 5.69 Å². The van der Waals surface area contributed by atoms with Crippen LogP contribution in [0.1, 0.15) is 43.8 Å². The second-order valence-electron chi connectivity index (χ2n) is 6.10. The summed E-state index contributed by atoms with van der Waals surface area (Å²) in [5, 5.41) is 12.3. The molecule has 0 bridgehead atoms. The van der Waals surface area contributed by atoms with Crippen LogP contribution < -0.4 is 5.32 Å². The quantitative estimate of drug-likeness (QED) is 0.938. The molecule has 0 amide bonds. The van der Waals surface area contributed by atoms with Crippen molar-refractivity contribution in [1.29, 1.82) is 0 Å². The summed E-state index contributed by atoms with van der Waals surface area (Å²) >= 11 is 0. The van der Waals surface area contributed by atoms with E-state index in [9.17, 15) is 0 Å². The molecule has 1 aliphatic carbocycles. The van der Waals surface area contributed by atoms with Crippen LogP contribution in [0, 0.1) is 6.92 Å². The van der Waals surface area contributed by atoms with Gasteiger partial charge in [-0.05, 0) is 38.9 Å². The van der Waals surface area contributed by atoms with Crippen molar-refractivity contribution >= 4 is 0 Å².